The molecule has 0 saturated heterocycles. The summed E-state index contributed by atoms with van der Waals surface area (Å²) in [6, 6.07) is 6.74. The third kappa shape index (κ3) is 4.81. The lowest BCUT2D eigenvalue weighted by Crippen LogP contribution is -2.18. The van der Waals surface area contributed by atoms with E-state index < -0.39 is 0 Å². The number of amides is 1. The number of carbonyl (C=O) groups is 1. The minimum absolute atomic E-state index is 0.252. The molecule has 0 bridgehead atoms. The van der Waals surface area contributed by atoms with Gasteiger partial charge in [-0.25, -0.2) is 9.97 Å². The third-order valence-corrected chi connectivity index (χ3v) is 3.82. The van der Waals surface area contributed by atoms with Crippen LogP contribution in [0, 0.1) is 6.92 Å². The molecule has 0 aliphatic carbocycles. The van der Waals surface area contributed by atoms with E-state index in [2.05, 4.69) is 27.5 Å². The van der Waals surface area contributed by atoms with Crippen LogP contribution in [-0.4, -0.2) is 21.9 Å². The first-order valence-corrected chi connectivity index (χ1v) is 8.03. The summed E-state index contributed by atoms with van der Waals surface area (Å²) in [5.74, 6) is 0.765. The van der Waals surface area contributed by atoms with Crippen molar-refractivity contribution < 1.29 is 4.79 Å². The number of benzene rings is 1. The van der Waals surface area contributed by atoms with E-state index in [0.29, 0.717) is 27.4 Å². The maximum atomic E-state index is 12.4. The van der Waals surface area contributed by atoms with Crippen LogP contribution in [0.3, 0.4) is 0 Å². The Morgan fingerprint density at radius 1 is 1.26 bits per heavy atom. The van der Waals surface area contributed by atoms with Crippen LogP contribution in [-0.2, 0) is 0 Å². The average Bonchev–Trinajstić information content (AvgIpc) is 2.50. The number of hydrogen-bond acceptors (Lipinski definition) is 4. The molecule has 0 radical (unpaired) electrons. The molecular formula is C16H18Cl2N4O. The zero-order valence-corrected chi connectivity index (χ0v) is 14.7. The highest BCUT2D eigenvalue weighted by Crippen LogP contribution is 2.25. The van der Waals surface area contributed by atoms with Gasteiger partial charge in [-0.05, 0) is 38.5 Å². The zero-order valence-electron chi connectivity index (χ0n) is 13.2. The second kappa shape index (κ2) is 7.62. The van der Waals surface area contributed by atoms with Gasteiger partial charge in [-0.2, -0.15) is 0 Å². The van der Waals surface area contributed by atoms with Crippen molar-refractivity contribution in [3.05, 3.63) is 45.8 Å². The van der Waals surface area contributed by atoms with Gasteiger partial charge in [-0.3, -0.25) is 4.79 Å². The van der Waals surface area contributed by atoms with Crippen molar-refractivity contribution in [1.29, 1.82) is 0 Å². The Kier molecular flexibility index (Phi) is 5.80. The Bertz CT molecular complexity index is 721. The van der Waals surface area contributed by atoms with Gasteiger partial charge < -0.3 is 10.6 Å². The lowest BCUT2D eigenvalue weighted by atomic mass is 10.2. The van der Waals surface area contributed by atoms with Crippen LogP contribution in [0.2, 0.25) is 10.0 Å². The number of aromatic nitrogens is 2. The molecule has 2 N–H and O–H groups in total. The van der Waals surface area contributed by atoms with E-state index in [1.54, 1.807) is 31.2 Å². The molecular weight excluding hydrogens is 335 g/mol. The fraction of sp³-hybridized carbons (Fsp3) is 0.312. The number of nitrogens with zero attached hydrogens (tertiary/aromatic N) is 2. The summed E-state index contributed by atoms with van der Waals surface area (Å²) in [5.41, 5.74) is 0.705. The SMILES string of the molecule is CCC(C)Nc1cc(C(=O)Nc2cc(Cl)ccc2Cl)nc(C)n1. The molecule has 0 saturated carbocycles. The number of rotatable bonds is 5. The number of halogens is 2. The van der Waals surface area contributed by atoms with Gasteiger partial charge in [0.25, 0.3) is 5.91 Å². The normalized spacial score (nSPS) is 11.9. The van der Waals surface area contributed by atoms with Crippen LogP contribution < -0.4 is 10.6 Å². The van der Waals surface area contributed by atoms with E-state index in [4.69, 9.17) is 23.2 Å². The summed E-state index contributed by atoms with van der Waals surface area (Å²) in [6.45, 7) is 5.86. The number of aryl methyl sites for hydroxylation is 1. The van der Waals surface area contributed by atoms with Crippen molar-refractivity contribution in [2.24, 2.45) is 0 Å². The highest BCUT2D eigenvalue weighted by atomic mass is 35.5. The number of anilines is 2. The molecule has 0 aliphatic heterocycles. The molecule has 2 aromatic rings. The molecule has 1 aromatic heterocycles. The van der Waals surface area contributed by atoms with Crippen molar-refractivity contribution in [3.8, 4) is 0 Å². The third-order valence-electron chi connectivity index (χ3n) is 3.25. The fourth-order valence-electron chi connectivity index (χ4n) is 1.89. The van der Waals surface area contributed by atoms with E-state index in [9.17, 15) is 4.79 Å². The summed E-state index contributed by atoms with van der Waals surface area (Å²) >= 11 is 12.0. The summed E-state index contributed by atoms with van der Waals surface area (Å²) in [4.78, 5) is 20.9. The lowest BCUT2D eigenvalue weighted by molar-refractivity contribution is 0.102. The molecule has 2 rings (SSSR count). The molecule has 1 unspecified atom stereocenters. The summed E-state index contributed by atoms with van der Waals surface area (Å²) in [7, 11) is 0. The van der Waals surface area contributed by atoms with Gasteiger partial charge in [0.05, 0.1) is 10.7 Å². The molecule has 7 heteroatoms. The van der Waals surface area contributed by atoms with Crippen LogP contribution in [0.1, 0.15) is 36.6 Å². The van der Waals surface area contributed by atoms with Crippen molar-refractivity contribution in [2.45, 2.75) is 33.2 Å². The van der Waals surface area contributed by atoms with Crippen LogP contribution in [0.4, 0.5) is 11.5 Å². The van der Waals surface area contributed by atoms with E-state index in [1.807, 2.05) is 6.92 Å². The molecule has 1 heterocycles. The van der Waals surface area contributed by atoms with Crippen molar-refractivity contribution >= 4 is 40.6 Å². The van der Waals surface area contributed by atoms with Crippen LogP contribution in [0.25, 0.3) is 0 Å². The average molecular weight is 353 g/mol. The Morgan fingerprint density at radius 3 is 2.70 bits per heavy atom. The highest BCUT2D eigenvalue weighted by molar-refractivity contribution is 6.35. The molecule has 1 aromatic carbocycles. The second-order valence-corrected chi connectivity index (χ2v) is 6.06. The van der Waals surface area contributed by atoms with Gasteiger partial charge in [0.2, 0.25) is 0 Å². The minimum Gasteiger partial charge on any atom is -0.368 e. The predicted octanol–water partition coefficient (Wildman–Crippen LogP) is 4.55. The predicted molar refractivity (Wildman–Crippen MR) is 94.6 cm³/mol. The molecule has 1 atom stereocenters. The topological polar surface area (TPSA) is 66.9 Å². The van der Waals surface area contributed by atoms with E-state index in [-0.39, 0.29) is 17.6 Å². The largest absolute Gasteiger partial charge is 0.368 e. The Balaban J connectivity index is 2.23. The van der Waals surface area contributed by atoms with Gasteiger partial charge >= 0.3 is 0 Å². The van der Waals surface area contributed by atoms with Crippen LogP contribution >= 0.6 is 23.2 Å². The maximum absolute atomic E-state index is 12.4. The Labute approximate surface area is 145 Å². The molecule has 5 nitrogen and oxygen atoms in total. The summed E-state index contributed by atoms with van der Waals surface area (Å²) in [6.07, 6.45) is 0.947. The lowest BCUT2D eigenvalue weighted by Gasteiger charge is -2.13. The first-order chi connectivity index (χ1) is 10.9. The van der Waals surface area contributed by atoms with Crippen LogP contribution in [0.5, 0.6) is 0 Å². The zero-order chi connectivity index (χ0) is 17.0. The van der Waals surface area contributed by atoms with Gasteiger partial charge in [-0.1, -0.05) is 30.1 Å². The van der Waals surface area contributed by atoms with Gasteiger partial charge in [0.15, 0.2) is 0 Å². The highest BCUT2D eigenvalue weighted by Gasteiger charge is 2.13. The molecule has 0 aliphatic rings. The van der Waals surface area contributed by atoms with Crippen molar-refractivity contribution in [3.63, 3.8) is 0 Å². The van der Waals surface area contributed by atoms with Gasteiger partial charge in [0.1, 0.15) is 17.3 Å². The first-order valence-electron chi connectivity index (χ1n) is 7.27. The van der Waals surface area contributed by atoms with Crippen molar-refractivity contribution in [1.82, 2.24) is 9.97 Å². The number of hydrogen-bond donors (Lipinski definition) is 2. The molecule has 0 spiro atoms. The maximum Gasteiger partial charge on any atom is 0.274 e. The standard InChI is InChI=1S/C16H18Cl2N4O/c1-4-9(2)19-15-8-14(20-10(3)21-15)16(23)22-13-7-11(17)5-6-12(13)18/h5-9H,4H2,1-3H3,(H,22,23)(H,19,20,21). The molecule has 0 fully saturated rings. The minimum atomic E-state index is -0.369. The van der Waals surface area contributed by atoms with Gasteiger partial charge in [0, 0.05) is 17.1 Å². The first kappa shape index (κ1) is 17.5. The Hall–Kier alpha value is -1.85. The number of carbonyl (C=O) groups excluding carboxylic acids is 1. The Morgan fingerprint density at radius 2 is 2.00 bits per heavy atom. The molecule has 23 heavy (non-hydrogen) atoms. The molecule has 122 valence electrons. The number of nitrogens with one attached hydrogen (secondary N) is 2. The fourth-order valence-corrected chi connectivity index (χ4v) is 2.23. The second-order valence-electron chi connectivity index (χ2n) is 5.22. The monoisotopic (exact) mass is 352 g/mol. The smallest absolute Gasteiger partial charge is 0.274 e. The van der Waals surface area contributed by atoms with E-state index >= 15 is 0 Å². The van der Waals surface area contributed by atoms with Crippen molar-refractivity contribution in [2.75, 3.05) is 10.6 Å². The van der Waals surface area contributed by atoms with Crippen LogP contribution in [0.15, 0.2) is 24.3 Å². The van der Waals surface area contributed by atoms with E-state index in [1.165, 1.54) is 0 Å². The molecule has 1 amide bonds. The summed E-state index contributed by atoms with van der Waals surface area (Å²) in [5, 5.41) is 6.85. The van der Waals surface area contributed by atoms with Gasteiger partial charge in [-0.15, -0.1) is 0 Å². The quantitative estimate of drug-likeness (QED) is 0.827. The van der Waals surface area contributed by atoms with E-state index in [0.717, 1.165) is 6.42 Å². The summed E-state index contributed by atoms with van der Waals surface area (Å²) < 4.78 is 0.